The van der Waals surface area contributed by atoms with Gasteiger partial charge in [0.1, 0.15) is 11.5 Å². The van der Waals surface area contributed by atoms with E-state index in [-0.39, 0.29) is 39.6 Å². The lowest BCUT2D eigenvalue weighted by atomic mass is 10.1. The summed E-state index contributed by atoms with van der Waals surface area (Å²) < 4.78 is 13.3. The lowest BCUT2D eigenvalue weighted by Crippen LogP contribution is -2.54. The lowest BCUT2D eigenvalue weighted by molar-refractivity contribution is -0.384. The van der Waals surface area contributed by atoms with Crippen LogP contribution in [0.15, 0.2) is 42.5 Å². The van der Waals surface area contributed by atoms with E-state index in [4.69, 9.17) is 11.6 Å². The van der Waals surface area contributed by atoms with Gasteiger partial charge in [-0.05, 0) is 24.3 Å². The van der Waals surface area contributed by atoms with Gasteiger partial charge >= 0.3 is 0 Å². The summed E-state index contributed by atoms with van der Waals surface area (Å²) in [5.41, 5.74) is 0.905. The van der Waals surface area contributed by atoms with E-state index in [1.54, 1.807) is 28.0 Å². The number of carbonyl (C=O) groups is 2. The molecule has 9 nitrogen and oxygen atoms in total. The fourth-order valence-corrected chi connectivity index (χ4v) is 4.56. The maximum absolute atomic E-state index is 13.3. The smallest absolute Gasteiger partial charge is 0.292 e. The van der Waals surface area contributed by atoms with E-state index in [2.05, 4.69) is 0 Å². The average Bonchev–Trinajstić information content (AvgIpc) is 2.84. The van der Waals surface area contributed by atoms with Crippen LogP contribution in [0.5, 0.6) is 0 Å². The van der Waals surface area contributed by atoms with E-state index < -0.39 is 5.82 Å². The number of hydrogen-bond donors (Lipinski definition) is 0. The summed E-state index contributed by atoms with van der Waals surface area (Å²) in [5, 5.41) is 11.4. The van der Waals surface area contributed by atoms with Gasteiger partial charge in [0.2, 0.25) is 5.91 Å². The van der Waals surface area contributed by atoms with Crippen molar-refractivity contribution in [1.29, 1.82) is 0 Å². The van der Waals surface area contributed by atoms with Crippen molar-refractivity contribution >= 4 is 34.8 Å². The van der Waals surface area contributed by atoms with Crippen LogP contribution in [0, 0.1) is 15.9 Å². The predicted octanol–water partition coefficient (Wildman–Crippen LogP) is 2.49. The number of anilines is 1. The fraction of sp³-hybridized carbons (Fsp3) is 0.391. The van der Waals surface area contributed by atoms with Crippen molar-refractivity contribution in [2.45, 2.75) is 0 Å². The minimum absolute atomic E-state index is 0.00330. The zero-order chi connectivity index (χ0) is 24.2. The number of para-hydroxylation sites is 2. The summed E-state index contributed by atoms with van der Waals surface area (Å²) in [7, 11) is 0. The third-order valence-electron chi connectivity index (χ3n) is 6.23. The molecule has 2 fully saturated rings. The van der Waals surface area contributed by atoms with Crippen molar-refractivity contribution < 1.29 is 18.9 Å². The average molecular weight is 490 g/mol. The molecule has 2 saturated heterocycles. The molecule has 2 amide bonds. The SMILES string of the molecule is O=C(CN1CCN(C(=O)c2ccc(F)cc2Cl)CC1)N1CCN(c2ccccc2[N+](=O)[O-])CC1. The van der Waals surface area contributed by atoms with Gasteiger partial charge in [0.15, 0.2) is 0 Å². The van der Waals surface area contributed by atoms with Gasteiger partial charge in [-0.3, -0.25) is 24.6 Å². The first kappa shape index (κ1) is 23.9. The number of amides is 2. The van der Waals surface area contributed by atoms with Gasteiger partial charge in [0, 0.05) is 58.4 Å². The van der Waals surface area contributed by atoms with Crippen LogP contribution in [0.2, 0.25) is 5.02 Å². The molecule has 0 bridgehead atoms. The Morgan fingerprint density at radius 3 is 2.24 bits per heavy atom. The maximum atomic E-state index is 13.3. The monoisotopic (exact) mass is 489 g/mol. The normalized spacial score (nSPS) is 17.1. The van der Waals surface area contributed by atoms with Crippen molar-refractivity contribution in [1.82, 2.24) is 14.7 Å². The molecule has 0 radical (unpaired) electrons. The summed E-state index contributed by atoms with van der Waals surface area (Å²) in [6, 6.07) is 10.4. The Balaban J connectivity index is 1.26. The minimum Gasteiger partial charge on any atom is -0.362 e. The van der Waals surface area contributed by atoms with Crippen molar-refractivity contribution in [3.05, 3.63) is 69.0 Å². The van der Waals surface area contributed by atoms with Crippen LogP contribution in [-0.2, 0) is 4.79 Å². The molecule has 0 aliphatic carbocycles. The second kappa shape index (κ2) is 10.4. The molecule has 0 unspecified atom stereocenters. The standard InChI is InChI=1S/C23H25ClFN5O4/c24-19-15-17(25)5-6-18(19)23(32)29-9-7-26(8-10-29)16-22(31)28-13-11-27(12-14-28)20-3-1-2-4-21(20)30(33)34/h1-6,15H,7-14,16H2. The van der Waals surface area contributed by atoms with E-state index in [0.717, 1.165) is 6.07 Å². The molecule has 0 aromatic heterocycles. The summed E-state index contributed by atoms with van der Waals surface area (Å²) in [5.74, 6) is -0.738. The van der Waals surface area contributed by atoms with E-state index in [9.17, 15) is 24.1 Å². The largest absolute Gasteiger partial charge is 0.362 e. The molecule has 2 aliphatic heterocycles. The molecule has 2 aromatic rings. The Morgan fingerprint density at radius 1 is 0.941 bits per heavy atom. The van der Waals surface area contributed by atoms with E-state index >= 15 is 0 Å². The second-order valence-electron chi connectivity index (χ2n) is 8.31. The van der Waals surface area contributed by atoms with Crippen LogP contribution in [0.25, 0.3) is 0 Å². The number of carbonyl (C=O) groups excluding carboxylic acids is 2. The zero-order valence-electron chi connectivity index (χ0n) is 18.5. The molecule has 4 rings (SSSR count). The zero-order valence-corrected chi connectivity index (χ0v) is 19.3. The highest BCUT2D eigenvalue weighted by Gasteiger charge is 2.28. The van der Waals surface area contributed by atoms with Crippen LogP contribution in [0.1, 0.15) is 10.4 Å². The molecule has 2 aromatic carbocycles. The van der Waals surface area contributed by atoms with Gasteiger partial charge in [-0.25, -0.2) is 4.39 Å². The quantitative estimate of drug-likeness (QED) is 0.473. The van der Waals surface area contributed by atoms with Crippen LogP contribution in [0.4, 0.5) is 15.8 Å². The molecule has 0 spiro atoms. The van der Waals surface area contributed by atoms with Gasteiger partial charge in [-0.15, -0.1) is 0 Å². The molecule has 180 valence electrons. The third kappa shape index (κ3) is 5.28. The number of benzene rings is 2. The minimum atomic E-state index is -0.493. The van der Waals surface area contributed by atoms with Crippen LogP contribution in [-0.4, -0.2) is 90.3 Å². The number of hydrogen-bond acceptors (Lipinski definition) is 6. The summed E-state index contributed by atoms with van der Waals surface area (Å²) in [4.78, 5) is 43.8. The Bertz CT molecular complexity index is 1080. The van der Waals surface area contributed by atoms with Gasteiger partial charge in [-0.1, -0.05) is 23.7 Å². The first-order valence-electron chi connectivity index (χ1n) is 11.1. The third-order valence-corrected chi connectivity index (χ3v) is 6.54. The Hall–Kier alpha value is -3.24. The van der Waals surface area contributed by atoms with E-state index in [1.807, 2.05) is 9.80 Å². The first-order chi connectivity index (χ1) is 16.3. The van der Waals surface area contributed by atoms with Crippen LogP contribution in [0.3, 0.4) is 0 Å². The number of halogens is 2. The second-order valence-corrected chi connectivity index (χ2v) is 8.71. The number of nitro groups is 1. The highest BCUT2D eigenvalue weighted by Crippen LogP contribution is 2.28. The predicted molar refractivity (Wildman–Crippen MR) is 126 cm³/mol. The van der Waals surface area contributed by atoms with E-state index in [0.29, 0.717) is 58.0 Å². The number of rotatable bonds is 5. The summed E-state index contributed by atoms with van der Waals surface area (Å²) in [6.45, 7) is 4.29. The van der Waals surface area contributed by atoms with Gasteiger partial charge in [0.05, 0.1) is 22.1 Å². The Kier molecular flexibility index (Phi) is 7.28. The molecule has 34 heavy (non-hydrogen) atoms. The van der Waals surface area contributed by atoms with Crippen molar-refractivity contribution in [3.8, 4) is 0 Å². The fourth-order valence-electron chi connectivity index (χ4n) is 4.32. The molecule has 2 aliphatic rings. The van der Waals surface area contributed by atoms with Gasteiger partial charge in [-0.2, -0.15) is 0 Å². The number of piperazine rings is 2. The van der Waals surface area contributed by atoms with Crippen LogP contribution < -0.4 is 4.90 Å². The molecule has 0 atom stereocenters. The number of nitro benzene ring substituents is 1. The van der Waals surface area contributed by atoms with Gasteiger partial charge in [0.25, 0.3) is 11.6 Å². The molecular formula is C23H25ClFN5O4. The maximum Gasteiger partial charge on any atom is 0.292 e. The van der Waals surface area contributed by atoms with Crippen molar-refractivity contribution in [2.24, 2.45) is 0 Å². The van der Waals surface area contributed by atoms with E-state index in [1.165, 1.54) is 18.2 Å². The molecule has 11 heteroatoms. The molecule has 0 saturated carbocycles. The highest BCUT2D eigenvalue weighted by molar-refractivity contribution is 6.33. The first-order valence-corrected chi connectivity index (χ1v) is 11.4. The molecular weight excluding hydrogens is 465 g/mol. The summed E-state index contributed by atoms with van der Waals surface area (Å²) >= 11 is 6.02. The number of nitrogens with zero attached hydrogens (tertiary/aromatic N) is 5. The topological polar surface area (TPSA) is 90.2 Å². The Morgan fingerprint density at radius 2 is 1.59 bits per heavy atom. The van der Waals surface area contributed by atoms with Gasteiger partial charge < -0.3 is 14.7 Å². The van der Waals surface area contributed by atoms with Crippen molar-refractivity contribution in [2.75, 3.05) is 63.8 Å². The van der Waals surface area contributed by atoms with Crippen molar-refractivity contribution in [3.63, 3.8) is 0 Å². The summed E-state index contributed by atoms with van der Waals surface area (Å²) in [6.07, 6.45) is 0. The highest BCUT2D eigenvalue weighted by atomic mass is 35.5. The van der Waals surface area contributed by atoms with Crippen LogP contribution >= 0.6 is 11.6 Å². The molecule has 0 N–H and O–H groups in total. The Labute approximate surface area is 201 Å². The lowest BCUT2D eigenvalue weighted by Gasteiger charge is -2.38. The molecule has 2 heterocycles.